The van der Waals surface area contributed by atoms with E-state index in [0.29, 0.717) is 6.54 Å². The van der Waals surface area contributed by atoms with Gasteiger partial charge in [0.15, 0.2) is 0 Å². The molecule has 1 atom stereocenters. The van der Waals surface area contributed by atoms with Crippen LogP contribution in [-0.4, -0.2) is 45.7 Å². The van der Waals surface area contributed by atoms with Crippen molar-refractivity contribution in [2.45, 2.75) is 39.0 Å². The molecule has 1 N–H and O–H groups in total. The number of nitrogens with zero attached hydrogens (tertiary/aromatic N) is 3. The van der Waals surface area contributed by atoms with Gasteiger partial charge in [-0.25, -0.2) is 0 Å². The Bertz CT molecular complexity index is 1010. The summed E-state index contributed by atoms with van der Waals surface area (Å²) in [7, 11) is 2.15. The number of ether oxygens (including phenoxy) is 1. The van der Waals surface area contributed by atoms with Gasteiger partial charge in [0.25, 0.3) is 0 Å². The van der Waals surface area contributed by atoms with Gasteiger partial charge in [0.05, 0.1) is 19.6 Å². The molecule has 6 heteroatoms. The zero-order valence-electron chi connectivity index (χ0n) is 17.0. The number of aryl methyl sites for hydroxylation is 1. The summed E-state index contributed by atoms with van der Waals surface area (Å²) in [4.78, 5) is 17.5. The van der Waals surface area contributed by atoms with Crippen molar-refractivity contribution in [2.75, 3.05) is 20.2 Å². The Morgan fingerprint density at radius 2 is 2.21 bits per heavy atom. The molecule has 0 bridgehead atoms. The summed E-state index contributed by atoms with van der Waals surface area (Å²) >= 11 is 0. The number of aromatic nitrogens is 2. The highest BCUT2D eigenvalue weighted by Crippen LogP contribution is 2.33. The second-order valence-electron chi connectivity index (χ2n) is 7.83. The highest BCUT2D eigenvalue weighted by molar-refractivity contribution is 5.86. The third-order valence-electron chi connectivity index (χ3n) is 5.64. The third-order valence-corrected chi connectivity index (χ3v) is 5.64. The van der Waals surface area contributed by atoms with Crippen LogP contribution in [0.25, 0.3) is 10.9 Å². The van der Waals surface area contributed by atoms with E-state index in [2.05, 4.69) is 46.6 Å². The quantitative estimate of drug-likeness (QED) is 0.665. The molecular weight excluding hydrogens is 366 g/mol. The molecule has 152 valence electrons. The first kappa shape index (κ1) is 19.6. The first-order chi connectivity index (χ1) is 14.0. The van der Waals surface area contributed by atoms with Gasteiger partial charge >= 0.3 is 5.97 Å². The molecule has 0 saturated carbocycles. The van der Waals surface area contributed by atoms with Crippen molar-refractivity contribution in [1.29, 1.82) is 0 Å². The smallest absolute Gasteiger partial charge is 0.305 e. The number of rotatable bonds is 7. The SMILES string of the molecule is Cc1ccc2c(c1)c1c(n2CC(OCCC(=O)O)c2cccnc2)CN(C)CC1. The van der Waals surface area contributed by atoms with E-state index in [-0.39, 0.29) is 19.1 Å². The normalized spacial score (nSPS) is 15.4. The number of hydrogen-bond acceptors (Lipinski definition) is 4. The standard InChI is InChI=1S/C23H27N3O3/c1-16-5-6-20-19(12-16)18-7-10-25(2)14-21(18)26(20)15-22(29-11-8-23(27)28)17-4-3-9-24-13-17/h3-6,9,12-13,22H,7-8,10-11,14-15H2,1-2H3,(H,27,28). The van der Waals surface area contributed by atoms with E-state index in [1.807, 2.05) is 12.1 Å². The molecule has 3 heterocycles. The van der Waals surface area contributed by atoms with Crippen LogP contribution < -0.4 is 0 Å². The van der Waals surface area contributed by atoms with Crippen LogP contribution in [0.3, 0.4) is 0 Å². The topological polar surface area (TPSA) is 67.6 Å². The van der Waals surface area contributed by atoms with Crippen LogP contribution >= 0.6 is 0 Å². The summed E-state index contributed by atoms with van der Waals surface area (Å²) in [5, 5.41) is 10.3. The number of likely N-dealkylation sites (N-methyl/N-ethyl adjacent to an activating group) is 1. The lowest BCUT2D eigenvalue weighted by molar-refractivity contribution is -0.138. The minimum Gasteiger partial charge on any atom is -0.481 e. The average molecular weight is 393 g/mol. The maximum atomic E-state index is 11.0. The van der Waals surface area contributed by atoms with Crippen molar-refractivity contribution in [3.05, 3.63) is 65.1 Å². The summed E-state index contributed by atoms with van der Waals surface area (Å²) in [6, 6.07) is 10.5. The van der Waals surface area contributed by atoms with Gasteiger partial charge in [0.1, 0.15) is 6.10 Å². The molecular formula is C23H27N3O3. The monoisotopic (exact) mass is 393 g/mol. The van der Waals surface area contributed by atoms with Gasteiger partial charge in [-0.3, -0.25) is 9.78 Å². The average Bonchev–Trinajstić information content (AvgIpc) is 2.99. The van der Waals surface area contributed by atoms with E-state index >= 15 is 0 Å². The van der Waals surface area contributed by atoms with Crippen molar-refractivity contribution in [1.82, 2.24) is 14.5 Å². The molecule has 1 unspecified atom stereocenters. The largest absolute Gasteiger partial charge is 0.481 e. The summed E-state index contributed by atoms with van der Waals surface area (Å²) in [5.41, 5.74) is 6.20. The highest BCUT2D eigenvalue weighted by Gasteiger charge is 2.25. The van der Waals surface area contributed by atoms with Gasteiger partial charge in [-0.15, -0.1) is 0 Å². The Balaban J connectivity index is 1.73. The van der Waals surface area contributed by atoms with Gasteiger partial charge in [0.2, 0.25) is 0 Å². The van der Waals surface area contributed by atoms with Gasteiger partial charge in [-0.2, -0.15) is 0 Å². The molecule has 0 spiro atoms. The number of carboxylic acids is 1. The van der Waals surface area contributed by atoms with Crippen LogP contribution in [0, 0.1) is 6.92 Å². The first-order valence-corrected chi connectivity index (χ1v) is 10.1. The molecule has 1 aliphatic heterocycles. The molecule has 1 aliphatic rings. The molecule has 0 amide bonds. The minimum absolute atomic E-state index is 0.0107. The molecule has 0 saturated heterocycles. The third kappa shape index (κ3) is 4.18. The lowest BCUT2D eigenvalue weighted by Crippen LogP contribution is -2.28. The van der Waals surface area contributed by atoms with E-state index < -0.39 is 5.97 Å². The van der Waals surface area contributed by atoms with Crippen molar-refractivity contribution < 1.29 is 14.6 Å². The molecule has 0 fully saturated rings. The molecule has 6 nitrogen and oxygen atoms in total. The Labute approximate surface area is 170 Å². The maximum Gasteiger partial charge on any atom is 0.305 e. The lowest BCUT2D eigenvalue weighted by atomic mass is 10.0. The Morgan fingerprint density at radius 3 is 2.97 bits per heavy atom. The highest BCUT2D eigenvalue weighted by atomic mass is 16.5. The zero-order chi connectivity index (χ0) is 20.4. The number of hydrogen-bond donors (Lipinski definition) is 1. The fourth-order valence-corrected chi connectivity index (χ4v) is 4.17. The molecule has 29 heavy (non-hydrogen) atoms. The maximum absolute atomic E-state index is 11.0. The number of aliphatic carboxylic acids is 1. The summed E-state index contributed by atoms with van der Waals surface area (Å²) in [6.45, 7) is 4.90. The molecule has 3 aromatic rings. The second-order valence-corrected chi connectivity index (χ2v) is 7.83. The predicted octanol–water partition coefficient (Wildman–Crippen LogP) is 3.57. The van der Waals surface area contributed by atoms with E-state index in [4.69, 9.17) is 9.84 Å². The summed E-state index contributed by atoms with van der Waals surface area (Å²) in [6.07, 6.45) is 4.32. The number of carboxylic acid groups (broad SMARTS) is 1. The first-order valence-electron chi connectivity index (χ1n) is 10.1. The number of fused-ring (bicyclic) bond motifs is 3. The van der Waals surface area contributed by atoms with Crippen molar-refractivity contribution in [3.8, 4) is 0 Å². The van der Waals surface area contributed by atoms with Crippen LogP contribution in [0.4, 0.5) is 0 Å². The Kier molecular flexibility index (Phi) is 5.65. The van der Waals surface area contributed by atoms with Gasteiger partial charge in [-0.05, 0) is 44.2 Å². The molecule has 1 aromatic carbocycles. The number of pyridine rings is 1. The lowest BCUT2D eigenvalue weighted by Gasteiger charge is -2.26. The summed E-state index contributed by atoms with van der Waals surface area (Å²) < 4.78 is 8.41. The molecule has 2 aromatic heterocycles. The van der Waals surface area contributed by atoms with Crippen LogP contribution in [0.2, 0.25) is 0 Å². The van der Waals surface area contributed by atoms with Crippen molar-refractivity contribution in [2.24, 2.45) is 0 Å². The van der Waals surface area contributed by atoms with Crippen molar-refractivity contribution >= 4 is 16.9 Å². The van der Waals surface area contributed by atoms with Crippen molar-refractivity contribution in [3.63, 3.8) is 0 Å². The Hall–Kier alpha value is -2.70. The van der Waals surface area contributed by atoms with E-state index in [0.717, 1.165) is 25.1 Å². The Morgan fingerprint density at radius 1 is 1.34 bits per heavy atom. The minimum atomic E-state index is -0.851. The second kappa shape index (κ2) is 8.35. The van der Waals surface area contributed by atoms with Gasteiger partial charge < -0.3 is 19.3 Å². The van der Waals surface area contributed by atoms with Gasteiger partial charge in [0, 0.05) is 47.6 Å². The number of carbonyl (C=O) groups is 1. The van der Waals surface area contributed by atoms with Crippen LogP contribution in [-0.2, 0) is 29.0 Å². The van der Waals surface area contributed by atoms with E-state index in [1.54, 1.807) is 12.4 Å². The van der Waals surface area contributed by atoms with Crippen LogP contribution in [0.1, 0.15) is 34.9 Å². The van der Waals surface area contributed by atoms with Crippen LogP contribution in [0.15, 0.2) is 42.7 Å². The summed E-state index contributed by atoms with van der Waals surface area (Å²) in [5.74, 6) is -0.851. The van der Waals surface area contributed by atoms with E-state index in [1.165, 1.54) is 27.7 Å². The molecule has 4 rings (SSSR count). The predicted molar refractivity (Wildman–Crippen MR) is 112 cm³/mol. The number of benzene rings is 1. The molecule has 0 radical (unpaired) electrons. The van der Waals surface area contributed by atoms with E-state index in [9.17, 15) is 4.79 Å². The van der Waals surface area contributed by atoms with Crippen LogP contribution in [0.5, 0.6) is 0 Å². The fourth-order valence-electron chi connectivity index (χ4n) is 4.17. The molecule has 0 aliphatic carbocycles. The fraction of sp³-hybridized carbons (Fsp3) is 0.391. The zero-order valence-corrected chi connectivity index (χ0v) is 17.0. The van der Waals surface area contributed by atoms with Gasteiger partial charge in [-0.1, -0.05) is 17.7 Å².